The Labute approximate surface area is 139 Å². The standard InChI is InChI=1S/C15H12Br2N2O2/c1-21-14-6-5-10(7-13(14)17)9-18-19-15(20)11-3-2-4-12(16)8-11/h2-9H,1H3,(H,19,20)/b18-9-. The van der Waals surface area contributed by atoms with Crippen molar-refractivity contribution < 1.29 is 9.53 Å². The summed E-state index contributed by atoms with van der Waals surface area (Å²) in [4.78, 5) is 11.9. The van der Waals surface area contributed by atoms with Crippen LogP contribution in [0.1, 0.15) is 15.9 Å². The van der Waals surface area contributed by atoms with Gasteiger partial charge in [0.2, 0.25) is 0 Å². The van der Waals surface area contributed by atoms with E-state index in [0.717, 1.165) is 20.3 Å². The molecule has 4 nitrogen and oxygen atoms in total. The second kappa shape index (κ2) is 7.38. The van der Waals surface area contributed by atoms with Crippen LogP contribution in [0.2, 0.25) is 0 Å². The van der Waals surface area contributed by atoms with Gasteiger partial charge in [0, 0.05) is 10.0 Å². The van der Waals surface area contributed by atoms with Crippen molar-refractivity contribution in [2.45, 2.75) is 0 Å². The highest BCUT2D eigenvalue weighted by Crippen LogP contribution is 2.24. The molecule has 0 spiro atoms. The van der Waals surface area contributed by atoms with Crippen LogP contribution in [0.5, 0.6) is 5.75 Å². The molecule has 108 valence electrons. The summed E-state index contributed by atoms with van der Waals surface area (Å²) in [5.41, 5.74) is 3.87. The van der Waals surface area contributed by atoms with E-state index in [4.69, 9.17) is 4.74 Å². The van der Waals surface area contributed by atoms with Gasteiger partial charge in [0.1, 0.15) is 5.75 Å². The molecule has 0 radical (unpaired) electrons. The molecule has 0 bridgehead atoms. The Morgan fingerprint density at radius 2 is 2.05 bits per heavy atom. The minimum absolute atomic E-state index is 0.264. The van der Waals surface area contributed by atoms with Gasteiger partial charge in [0.05, 0.1) is 17.8 Å². The summed E-state index contributed by atoms with van der Waals surface area (Å²) in [5, 5.41) is 3.94. The molecule has 2 aromatic rings. The van der Waals surface area contributed by atoms with Crippen molar-refractivity contribution in [1.29, 1.82) is 0 Å². The number of halogens is 2. The van der Waals surface area contributed by atoms with Gasteiger partial charge in [-0.15, -0.1) is 0 Å². The number of hydrogen-bond donors (Lipinski definition) is 1. The molecule has 6 heteroatoms. The zero-order valence-electron chi connectivity index (χ0n) is 11.1. The molecule has 0 aromatic heterocycles. The highest BCUT2D eigenvalue weighted by atomic mass is 79.9. The van der Waals surface area contributed by atoms with Crippen LogP contribution in [-0.4, -0.2) is 19.2 Å². The van der Waals surface area contributed by atoms with Crippen LogP contribution < -0.4 is 10.2 Å². The lowest BCUT2D eigenvalue weighted by atomic mass is 10.2. The normalized spacial score (nSPS) is 10.6. The molecule has 0 saturated heterocycles. The highest BCUT2D eigenvalue weighted by molar-refractivity contribution is 9.10. The minimum Gasteiger partial charge on any atom is -0.496 e. The molecule has 0 saturated carbocycles. The Morgan fingerprint density at radius 1 is 1.24 bits per heavy atom. The Balaban J connectivity index is 2.02. The summed E-state index contributed by atoms with van der Waals surface area (Å²) in [6.07, 6.45) is 1.57. The maximum Gasteiger partial charge on any atom is 0.271 e. The van der Waals surface area contributed by atoms with Gasteiger partial charge < -0.3 is 4.74 Å². The van der Waals surface area contributed by atoms with Gasteiger partial charge in [-0.25, -0.2) is 5.43 Å². The number of carbonyl (C=O) groups excluding carboxylic acids is 1. The van der Waals surface area contributed by atoms with E-state index in [0.29, 0.717) is 5.56 Å². The van der Waals surface area contributed by atoms with E-state index in [1.165, 1.54) is 0 Å². The van der Waals surface area contributed by atoms with Crippen LogP contribution in [0.3, 0.4) is 0 Å². The van der Waals surface area contributed by atoms with Crippen molar-refractivity contribution in [3.05, 3.63) is 62.5 Å². The zero-order chi connectivity index (χ0) is 15.2. The van der Waals surface area contributed by atoms with Gasteiger partial charge in [-0.05, 0) is 57.9 Å². The maximum absolute atomic E-state index is 11.9. The van der Waals surface area contributed by atoms with Gasteiger partial charge in [-0.1, -0.05) is 22.0 Å². The molecule has 1 N–H and O–H groups in total. The first kappa shape index (κ1) is 15.7. The summed E-state index contributed by atoms with van der Waals surface area (Å²) in [7, 11) is 1.60. The Morgan fingerprint density at radius 3 is 2.71 bits per heavy atom. The zero-order valence-corrected chi connectivity index (χ0v) is 14.3. The largest absolute Gasteiger partial charge is 0.496 e. The second-order valence-electron chi connectivity index (χ2n) is 4.10. The molecule has 0 aliphatic heterocycles. The number of methoxy groups -OCH3 is 1. The van der Waals surface area contributed by atoms with E-state index in [1.54, 1.807) is 31.5 Å². The second-order valence-corrected chi connectivity index (χ2v) is 5.87. The fourth-order valence-corrected chi connectivity index (χ4v) is 2.58. The van der Waals surface area contributed by atoms with Crippen molar-refractivity contribution >= 4 is 44.0 Å². The summed E-state index contributed by atoms with van der Waals surface area (Å²) in [6, 6.07) is 12.6. The molecule has 2 rings (SSSR count). The summed E-state index contributed by atoms with van der Waals surface area (Å²) in [6.45, 7) is 0. The van der Waals surface area contributed by atoms with Crippen molar-refractivity contribution in [1.82, 2.24) is 5.43 Å². The van der Waals surface area contributed by atoms with E-state index in [9.17, 15) is 4.79 Å². The Kier molecular flexibility index (Phi) is 5.52. The number of ether oxygens (including phenoxy) is 1. The van der Waals surface area contributed by atoms with E-state index in [2.05, 4.69) is 42.4 Å². The SMILES string of the molecule is COc1ccc(/C=N\NC(=O)c2cccc(Br)c2)cc1Br. The number of nitrogens with one attached hydrogen (secondary N) is 1. The lowest BCUT2D eigenvalue weighted by Gasteiger charge is -2.03. The first-order chi connectivity index (χ1) is 10.1. The molecule has 0 aliphatic carbocycles. The summed E-state index contributed by atoms with van der Waals surface area (Å²) < 4.78 is 6.82. The number of nitrogens with zero attached hydrogens (tertiary/aromatic N) is 1. The van der Waals surface area contributed by atoms with Gasteiger partial charge in [0.25, 0.3) is 5.91 Å². The molecule has 0 unspecified atom stereocenters. The number of benzene rings is 2. The molecule has 2 aromatic carbocycles. The number of carbonyl (C=O) groups is 1. The fourth-order valence-electron chi connectivity index (χ4n) is 1.62. The smallest absolute Gasteiger partial charge is 0.271 e. The predicted molar refractivity (Wildman–Crippen MR) is 89.9 cm³/mol. The average molecular weight is 412 g/mol. The van der Waals surface area contributed by atoms with Crippen molar-refractivity contribution in [3.8, 4) is 5.75 Å². The predicted octanol–water partition coefficient (Wildman–Crippen LogP) is 3.98. The third kappa shape index (κ3) is 4.41. The van der Waals surface area contributed by atoms with E-state index < -0.39 is 0 Å². The first-order valence-electron chi connectivity index (χ1n) is 6.02. The van der Waals surface area contributed by atoms with Crippen molar-refractivity contribution in [2.75, 3.05) is 7.11 Å². The molecule has 0 heterocycles. The van der Waals surface area contributed by atoms with E-state index >= 15 is 0 Å². The lowest BCUT2D eigenvalue weighted by Crippen LogP contribution is -2.17. The van der Waals surface area contributed by atoms with Gasteiger partial charge in [-0.2, -0.15) is 5.10 Å². The molecule has 0 fully saturated rings. The Bertz CT molecular complexity index is 687. The molecule has 1 amide bonds. The molecule has 0 atom stereocenters. The van der Waals surface area contributed by atoms with E-state index in [1.807, 2.05) is 24.3 Å². The molecular formula is C15H12Br2N2O2. The number of amides is 1. The number of rotatable bonds is 4. The average Bonchev–Trinajstić information content (AvgIpc) is 2.47. The van der Waals surface area contributed by atoms with Crippen molar-refractivity contribution in [2.24, 2.45) is 5.10 Å². The van der Waals surface area contributed by atoms with E-state index in [-0.39, 0.29) is 5.91 Å². The topological polar surface area (TPSA) is 50.7 Å². The third-order valence-electron chi connectivity index (χ3n) is 2.64. The minimum atomic E-state index is -0.264. The monoisotopic (exact) mass is 410 g/mol. The van der Waals surface area contributed by atoms with Crippen LogP contribution in [-0.2, 0) is 0 Å². The summed E-state index contributed by atoms with van der Waals surface area (Å²) in [5.74, 6) is 0.477. The van der Waals surface area contributed by atoms with Crippen LogP contribution in [0.15, 0.2) is 56.5 Å². The van der Waals surface area contributed by atoms with Gasteiger partial charge in [-0.3, -0.25) is 4.79 Å². The first-order valence-corrected chi connectivity index (χ1v) is 7.61. The fraction of sp³-hybridized carbons (Fsp3) is 0.0667. The van der Waals surface area contributed by atoms with Crippen molar-refractivity contribution in [3.63, 3.8) is 0 Å². The van der Waals surface area contributed by atoms with Gasteiger partial charge >= 0.3 is 0 Å². The van der Waals surface area contributed by atoms with Crippen LogP contribution in [0, 0.1) is 0 Å². The lowest BCUT2D eigenvalue weighted by molar-refractivity contribution is 0.0955. The maximum atomic E-state index is 11.9. The molecule has 21 heavy (non-hydrogen) atoms. The number of hydrazone groups is 1. The quantitative estimate of drug-likeness (QED) is 0.610. The van der Waals surface area contributed by atoms with Crippen LogP contribution in [0.4, 0.5) is 0 Å². The van der Waals surface area contributed by atoms with Crippen LogP contribution >= 0.6 is 31.9 Å². The third-order valence-corrected chi connectivity index (χ3v) is 3.76. The number of hydrogen-bond acceptors (Lipinski definition) is 3. The molecular weight excluding hydrogens is 400 g/mol. The summed E-state index contributed by atoms with van der Waals surface area (Å²) >= 11 is 6.71. The van der Waals surface area contributed by atoms with Crippen LogP contribution in [0.25, 0.3) is 0 Å². The van der Waals surface area contributed by atoms with Gasteiger partial charge in [0.15, 0.2) is 0 Å². The highest BCUT2D eigenvalue weighted by Gasteiger charge is 2.04. The Hall–Kier alpha value is -1.66. The molecule has 0 aliphatic rings.